The maximum Gasteiger partial charge on any atom is -0.0350 e. The molecule has 2 saturated carbocycles. The van der Waals surface area contributed by atoms with Gasteiger partial charge < -0.3 is 0 Å². The molecule has 15 heavy (non-hydrogen) atoms. The Morgan fingerprint density at radius 2 is 1.60 bits per heavy atom. The zero-order valence-corrected chi connectivity index (χ0v) is 11.0. The molecule has 0 aliphatic heterocycles. The zero-order chi connectivity index (χ0) is 11.0. The van der Waals surface area contributed by atoms with Gasteiger partial charge in [0, 0.05) is 0 Å². The summed E-state index contributed by atoms with van der Waals surface area (Å²) in [4.78, 5) is 0. The first-order valence-electron chi connectivity index (χ1n) is 7.09. The molecule has 5 atom stereocenters. The Bertz CT molecular complexity index is 202. The fraction of sp³-hybridized carbons (Fsp3) is 1.00. The highest BCUT2D eigenvalue weighted by molar-refractivity contribution is 4.90. The van der Waals surface area contributed by atoms with Gasteiger partial charge in [0.15, 0.2) is 0 Å². The predicted octanol–water partition coefficient (Wildman–Crippen LogP) is 4.74. The van der Waals surface area contributed by atoms with Crippen LogP contribution in [-0.4, -0.2) is 0 Å². The van der Waals surface area contributed by atoms with E-state index >= 15 is 0 Å². The molecule has 2 unspecified atom stereocenters. The Balaban J connectivity index is 2.10. The summed E-state index contributed by atoms with van der Waals surface area (Å²) < 4.78 is 0. The predicted molar refractivity (Wildman–Crippen MR) is 66.7 cm³/mol. The smallest absolute Gasteiger partial charge is 0.0350 e. The second kappa shape index (κ2) is 4.47. The van der Waals surface area contributed by atoms with E-state index in [1.807, 2.05) is 0 Å². The van der Waals surface area contributed by atoms with E-state index in [1.165, 1.54) is 32.1 Å². The standard InChI is InChI=1S/C15H28/c1-10(2)13-8-6-12(4)14-7-5-11(3)9-15(13)14/h10-15H,5-9H2,1-4H3/t11?,12?,13-,14-,15+/m0/s1. The number of hydrogen-bond donors (Lipinski definition) is 0. The Hall–Kier alpha value is 0. The first-order valence-corrected chi connectivity index (χ1v) is 7.09. The highest BCUT2D eigenvalue weighted by Crippen LogP contribution is 2.50. The summed E-state index contributed by atoms with van der Waals surface area (Å²) in [7, 11) is 0. The van der Waals surface area contributed by atoms with Crippen molar-refractivity contribution >= 4 is 0 Å². The first kappa shape index (κ1) is 11.5. The van der Waals surface area contributed by atoms with Crippen molar-refractivity contribution in [3.05, 3.63) is 0 Å². The molecule has 0 aromatic heterocycles. The molecule has 0 aromatic rings. The molecule has 0 nitrogen and oxygen atoms in total. The molecule has 88 valence electrons. The highest BCUT2D eigenvalue weighted by atomic mass is 14.5. The lowest BCUT2D eigenvalue weighted by atomic mass is 9.57. The van der Waals surface area contributed by atoms with E-state index in [1.54, 1.807) is 0 Å². The van der Waals surface area contributed by atoms with Gasteiger partial charge in [0.05, 0.1) is 0 Å². The van der Waals surface area contributed by atoms with Crippen LogP contribution in [0.15, 0.2) is 0 Å². The van der Waals surface area contributed by atoms with Gasteiger partial charge in [0.25, 0.3) is 0 Å². The number of rotatable bonds is 1. The lowest BCUT2D eigenvalue weighted by Crippen LogP contribution is -2.39. The molecule has 0 bridgehead atoms. The monoisotopic (exact) mass is 208 g/mol. The second-order valence-corrected chi connectivity index (χ2v) is 6.71. The van der Waals surface area contributed by atoms with E-state index in [2.05, 4.69) is 27.7 Å². The van der Waals surface area contributed by atoms with E-state index in [0.717, 1.165) is 35.5 Å². The highest BCUT2D eigenvalue weighted by Gasteiger charge is 2.41. The van der Waals surface area contributed by atoms with Crippen LogP contribution in [-0.2, 0) is 0 Å². The van der Waals surface area contributed by atoms with E-state index in [9.17, 15) is 0 Å². The van der Waals surface area contributed by atoms with Crippen LogP contribution in [0.2, 0.25) is 0 Å². The summed E-state index contributed by atoms with van der Waals surface area (Å²) in [5.74, 6) is 6.10. The van der Waals surface area contributed by atoms with Crippen LogP contribution in [0.4, 0.5) is 0 Å². The largest absolute Gasteiger partial charge is 0.0625 e. The van der Waals surface area contributed by atoms with Crippen molar-refractivity contribution in [2.45, 2.75) is 59.8 Å². The van der Waals surface area contributed by atoms with Crippen LogP contribution >= 0.6 is 0 Å². The normalized spacial score (nSPS) is 46.6. The van der Waals surface area contributed by atoms with E-state index in [-0.39, 0.29) is 0 Å². The van der Waals surface area contributed by atoms with Crippen molar-refractivity contribution in [1.82, 2.24) is 0 Å². The summed E-state index contributed by atoms with van der Waals surface area (Å²) >= 11 is 0. The third-order valence-electron chi connectivity index (χ3n) is 5.31. The first-order chi connectivity index (χ1) is 7.09. The SMILES string of the molecule is CC1CC[C@H]2C(C)CC[C@@H](C(C)C)[C@H]2C1. The molecule has 0 heteroatoms. The summed E-state index contributed by atoms with van der Waals surface area (Å²) in [6, 6.07) is 0. The molecule has 0 N–H and O–H groups in total. The van der Waals surface area contributed by atoms with Crippen molar-refractivity contribution in [1.29, 1.82) is 0 Å². The van der Waals surface area contributed by atoms with Gasteiger partial charge in [0.2, 0.25) is 0 Å². The summed E-state index contributed by atoms with van der Waals surface area (Å²) in [6.45, 7) is 9.85. The van der Waals surface area contributed by atoms with Crippen molar-refractivity contribution in [3.8, 4) is 0 Å². The third-order valence-corrected chi connectivity index (χ3v) is 5.31. The molecule has 0 radical (unpaired) electrons. The van der Waals surface area contributed by atoms with Gasteiger partial charge in [-0.15, -0.1) is 0 Å². The third kappa shape index (κ3) is 2.24. The molecular weight excluding hydrogens is 180 g/mol. The fourth-order valence-corrected chi connectivity index (χ4v) is 4.36. The molecule has 0 heterocycles. The quantitative estimate of drug-likeness (QED) is 0.584. The Kier molecular flexibility index (Phi) is 3.42. The molecule has 0 amide bonds. The Morgan fingerprint density at radius 3 is 2.27 bits per heavy atom. The topological polar surface area (TPSA) is 0 Å². The van der Waals surface area contributed by atoms with Crippen LogP contribution < -0.4 is 0 Å². The van der Waals surface area contributed by atoms with Gasteiger partial charge >= 0.3 is 0 Å². The molecule has 0 saturated heterocycles. The Morgan fingerprint density at radius 1 is 0.867 bits per heavy atom. The molecule has 2 aliphatic rings. The second-order valence-electron chi connectivity index (χ2n) is 6.71. The molecular formula is C15H28. The van der Waals surface area contributed by atoms with Crippen molar-refractivity contribution < 1.29 is 0 Å². The minimum Gasteiger partial charge on any atom is -0.0625 e. The summed E-state index contributed by atoms with van der Waals surface area (Å²) in [5.41, 5.74) is 0. The van der Waals surface area contributed by atoms with Gasteiger partial charge in [0.1, 0.15) is 0 Å². The van der Waals surface area contributed by atoms with Gasteiger partial charge in [-0.1, -0.05) is 40.5 Å². The number of fused-ring (bicyclic) bond motifs is 1. The van der Waals surface area contributed by atoms with Crippen molar-refractivity contribution in [2.24, 2.45) is 35.5 Å². The molecule has 0 spiro atoms. The van der Waals surface area contributed by atoms with Gasteiger partial charge in [-0.2, -0.15) is 0 Å². The summed E-state index contributed by atoms with van der Waals surface area (Å²) in [5, 5.41) is 0. The molecule has 0 aromatic carbocycles. The maximum atomic E-state index is 2.50. The van der Waals surface area contributed by atoms with Gasteiger partial charge in [-0.25, -0.2) is 0 Å². The Labute approximate surface area is 95.8 Å². The van der Waals surface area contributed by atoms with Crippen LogP contribution in [0.3, 0.4) is 0 Å². The minimum atomic E-state index is 0.912. The minimum absolute atomic E-state index is 0.912. The van der Waals surface area contributed by atoms with E-state index < -0.39 is 0 Å². The molecule has 2 rings (SSSR count). The van der Waals surface area contributed by atoms with Crippen molar-refractivity contribution in [3.63, 3.8) is 0 Å². The average molecular weight is 208 g/mol. The van der Waals surface area contributed by atoms with Crippen LogP contribution in [0.25, 0.3) is 0 Å². The van der Waals surface area contributed by atoms with Crippen LogP contribution in [0, 0.1) is 35.5 Å². The van der Waals surface area contributed by atoms with E-state index in [0.29, 0.717) is 0 Å². The van der Waals surface area contributed by atoms with Crippen molar-refractivity contribution in [2.75, 3.05) is 0 Å². The fourth-order valence-electron chi connectivity index (χ4n) is 4.36. The summed E-state index contributed by atoms with van der Waals surface area (Å²) in [6.07, 6.45) is 7.55. The van der Waals surface area contributed by atoms with Crippen LogP contribution in [0.1, 0.15) is 59.8 Å². The average Bonchev–Trinajstić information content (AvgIpc) is 2.17. The number of hydrogen-bond acceptors (Lipinski definition) is 0. The molecule has 2 fully saturated rings. The lowest BCUT2D eigenvalue weighted by molar-refractivity contribution is 0.0182. The lowest BCUT2D eigenvalue weighted by Gasteiger charge is -2.48. The molecule has 2 aliphatic carbocycles. The zero-order valence-electron chi connectivity index (χ0n) is 11.0. The van der Waals surface area contributed by atoms with E-state index in [4.69, 9.17) is 0 Å². The maximum absolute atomic E-state index is 2.50. The van der Waals surface area contributed by atoms with Gasteiger partial charge in [-0.05, 0) is 54.8 Å². The van der Waals surface area contributed by atoms with Gasteiger partial charge in [-0.3, -0.25) is 0 Å². The van der Waals surface area contributed by atoms with Crippen LogP contribution in [0.5, 0.6) is 0 Å².